The second-order valence-corrected chi connectivity index (χ2v) is 4.61. The van der Waals surface area contributed by atoms with Crippen molar-refractivity contribution in [3.63, 3.8) is 0 Å². The minimum absolute atomic E-state index is 0.851. The molecule has 0 N–H and O–H groups in total. The van der Waals surface area contributed by atoms with Crippen LogP contribution in [-0.2, 0) is 0 Å². The van der Waals surface area contributed by atoms with Crippen molar-refractivity contribution in [2.24, 2.45) is 0 Å². The molecule has 46 valence electrons. The highest BCUT2D eigenvalue weighted by Gasteiger charge is 2.12. The van der Waals surface area contributed by atoms with Gasteiger partial charge in [0.25, 0.3) is 0 Å². The number of allylic oxidation sites excluding steroid dienone is 1. The lowest BCUT2D eigenvalue weighted by atomic mass is 10.2. The van der Waals surface area contributed by atoms with Crippen LogP contribution in [0.2, 0.25) is 0 Å². The van der Waals surface area contributed by atoms with E-state index in [-0.39, 0.29) is 0 Å². The lowest BCUT2D eigenvalue weighted by Crippen LogP contribution is -1.90. The predicted octanol–water partition coefficient (Wildman–Crippen LogP) is 3.14. The molecule has 0 saturated carbocycles. The van der Waals surface area contributed by atoms with E-state index in [4.69, 9.17) is 0 Å². The Morgan fingerprint density at radius 3 is 3.00 bits per heavy atom. The molecular weight excluding hydrogens is 184 g/mol. The molecule has 0 bridgehead atoms. The van der Waals surface area contributed by atoms with Gasteiger partial charge in [-0.2, -0.15) is 0 Å². The van der Waals surface area contributed by atoms with Gasteiger partial charge in [0.05, 0.1) is 0 Å². The number of rotatable bonds is 1. The molecule has 0 aromatic rings. The second-order valence-electron chi connectivity index (χ2n) is 1.89. The van der Waals surface area contributed by atoms with Crippen LogP contribution in [0.3, 0.4) is 0 Å². The molecular formula is C6H9BrS. The number of thioether (sulfide) groups is 1. The van der Waals surface area contributed by atoms with Gasteiger partial charge in [-0.1, -0.05) is 13.0 Å². The molecule has 1 heterocycles. The van der Waals surface area contributed by atoms with Gasteiger partial charge in [-0.25, -0.2) is 0 Å². The molecule has 0 aromatic carbocycles. The summed E-state index contributed by atoms with van der Waals surface area (Å²) in [5.41, 5.74) is 0. The Bertz CT molecular complexity index is 109. The number of halogens is 1. The van der Waals surface area contributed by atoms with Gasteiger partial charge in [0.1, 0.15) is 0 Å². The Morgan fingerprint density at radius 1 is 2.00 bits per heavy atom. The quantitative estimate of drug-likeness (QED) is 0.616. The first-order valence-electron chi connectivity index (χ1n) is 2.85. The van der Waals surface area contributed by atoms with E-state index in [1.54, 1.807) is 0 Å². The van der Waals surface area contributed by atoms with Crippen molar-refractivity contribution in [1.29, 1.82) is 0 Å². The molecule has 8 heavy (non-hydrogen) atoms. The summed E-state index contributed by atoms with van der Waals surface area (Å²) < 4.78 is 1.32. The minimum Gasteiger partial charge on any atom is -0.115 e. The van der Waals surface area contributed by atoms with Crippen LogP contribution in [-0.4, -0.2) is 5.25 Å². The summed E-state index contributed by atoms with van der Waals surface area (Å²) in [6.07, 6.45) is 4.79. The van der Waals surface area contributed by atoms with Crippen molar-refractivity contribution in [3.8, 4) is 0 Å². The smallest absolute Gasteiger partial charge is 0.0466 e. The van der Waals surface area contributed by atoms with Crippen molar-refractivity contribution < 1.29 is 0 Å². The van der Waals surface area contributed by atoms with E-state index in [9.17, 15) is 0 Å². The van der Waals surface area contributed by atoms with Gasteiger partial charge in [0.15, 0.2) is 0 Å². The molecule has 1 aliphatic rings. The SMILES string of the molecule is CCC1CC=C(Br)S1. The lowest BCUT2D eigenvalue weighted by Gasteiger charge is -2.00. The van der Waals surface area contributed by atoms with E-state index < -0.39 is 0 Å². The Labute approximate surface area is 62.9 Å². The van der Waals surface area contributed by atoms with Crippen molar-refractivity contribution in [2.75, 3.05) is 0 Å². The van der Waals surface area contributed by atoms with Gasteiger partial charge in [0, 0.05) is 9.06 Å². The maximum Gasteiger partial charge on any atom is 0.0466 e. The van der Waals surface area contributed by atoms with Gasteiger partial charge >= 0.3 is 0 Å². The molecule has 0 radical (unpaired) electrons. The van der Waals surface area contributed by atoms with E-state index >= 15 is 0 Å². The third-order valence-electron chi connectivity index (χ3n) is 1.28. The zero-order valence-electron chi connectivity index (χ0n) is 4.86. The highest BCUT2D eigenvalue weighted by molar-refractivity contribution is 9.14. The van der Waals surface area contributed by atoms with Gasteiger partial charge in [-0.15, -0.1) is 11.8 Å². The fraction of sp³-hybridized carbons (Fsp3) is 0.667. The minimum atomic E-state index is 0.851. The summed E-state index contributed by atoms with van der Waals surface area (Å²) in [7, 11) is 0. The highest BCUT2D eigenvalue weighted by Crippen LogP contribution is 2.37. The molecule has 2 heteroatoms. The topological polar surface area (TPSA) is 0 Å². The third-order valence-corrected chi connectivity index (χ3v) is 3.41. The fourth-order valence-corrected chi connectivity index (χ4v) is 2.58. The largest absolute Gasteiger partial charge is 0.115 e. The van der Waals surface area contributed by atoms with E-state index in [2.05, 4.69) is 28.9 Å². The average molecular weight is 193 g/mol. The van der Waals surface area contributed by atoms with Crippen LogP contribution in [0, 0.1) is 0 Å². The lowest BCUT2D eigenvalue weighted by molar-refractivity contribution is 0.849. The maximum atomic E-state index is 3.44. The molecule has 0 amide bonds. The average Bonchev–Trinajstić information content (AvgIpc) is 2.14. The van der Waals surface area contributed by atoms with Crippen LogP contribution in [0.25, 0.3) is 0 Å². The summed E-state index contributed by atoms with van der Waals surface area (Å²) in [4.78, 5) is 0. The Hall–Kier alpha value is 0.570. The van der Waals surface area contributed by atoms with Gasteiger partial charge in [0.2, 0.25) is 0 Å². The van der Waals surface area contributed by atoms with E-state index in [0.717, 1.165) is 5.25 Å². The zero-order chi connectivity index (χ0) is 5.98. The Balaban J connectivity index is 2.32. The Morgan fingerprint density at radius 2 is 2.75 bits per heavy atom. The molecule has 1 unspecified atom stereocenters. The molecule has 0 fully saturated rings. The molecule has 1 atom stereocenters. The summed E-state index contributed by atoms with van der Waals surface area (Å²) in [6, 6.07) is 0. The Kier molecular flexibility index (Phi) is 2.44. The van der Waals surface area contributed by atoms with Crippen molar-refractivity contribution in [3.05, 3.63) is 9.89 Å². The second kappa shape index (κ2) is 2.92. The normalized spacial score (nSPS) is 28.2. The molecule has 0 nitrogen and oxygen atoms in total. The predicted molar refractivity (Wildman–Crippen MR) is 43.3 cm³/mol. The third kappa shape index (κ3) is 1.52. The molecule has 0 saturated heterocycles. The van der Waals surface area contributed by atoms with Crippen molar-refractivity contribution >= 4 is 27.7 Å². The van der Waals surface area contributed by atoms with Crippen LogP contribution in [0.1, 0.15) is 19.8 Å². The van der Waals surface area contributed by atoms with Crippen LogP contribution < -0.4 is 0 Å². The van der Waals surface area contributed by atoms with Gasteiger partial charge < -0.3 is 0 Å². The van der Waals surface area contributed by atoms with Crippen LogP contribution in [0.4, 0.5) is 0 Å². The highest BCUT2D eigenvalue weighted by atomic mass is 79.9. The molecule has 1 aliphatic heterocycles. The van der Waals surface area contributed by atoms with Crippen LogP contribution >= 0.6 is 27.7 Å². The zero-order valence-corrected chi connectivity index (χ0v) is 7.26. The number of hydrogen-bond acceptors (Lipinski definition) is 1. The van der Waals surface area contributed by atoms with Crippen molar-refractivity contribution in [1.82, 2.24) is 0 Å². The monoisotopic (exact) mass is 192 g/mol. The fourth-order valence-electron chi connectivity index (χ4n) is 0.730. The van der Waals surface area contributed by atoms with Gasteiger partial charge in [-0.05, 0) is 28.8 Å². The van der Waals surface area contributed by atoms with Crippen LogP contribution in [0.5, 0.6) is 0 Å². The standard InChI is InChI=1S/C6H9BrS/c1-2-5-3-4-6(7)8-5/h4-5H,2-3H2,1H3. The van der Waals surface area contributed by atoms with Gasteiger partial charge in [-0.3, -0.25) is 0 Å². The van der Waals surface area contributed by atoms with E-state index in [1.165, 1.54) is 16.7 Å². The number of hydrogen-bond donors (Lipinski definition) is 0. The summed E-state index contributed by atoms with van der Waals surface area (Å²) >= 11 is 5.39. The summed E-state index contributed by atoms with van der Waals surface area (Å²) in [5, 5.41) is 0.851. The van der Waals surface area contributed by atoms with Crippen molar-refractivity contribution in [2.45, 2.75) is 25.0 Å². The summed E-state index contributed by atoms with van der Waals surface area (Å²) in [5.74, 6) is 0. The molecule has 1 rings (SSSR count). The molecule has 0 spiro atoms. The maximum absolute atomic E-state index is 3.44. The summed E-state index contributed by atoms with van der Waals surface area (Å²) in [6.45, 7) is 2.23. The first kappa shape index (κ1) is 6.69. The first-order valence-corrected chi connectivity index (χ1v) is 4.52. The van der Waals surface area contributed by atoms with Crippen LogP contribution in [0.15, 0.2) is 9.89 Å². The first-order chi connectivity index (χ1) is 3.83. The van der Waals surface area contributed by atoms with E-state index in [0.29, 0.717) is 0 Å². The molecule has 0 aromatic heterocycles. The molecule has 0 aliphatic carbocycles. The van der Waals surface area contributed by atoms with E-state index in [1.807, 2.05) is 11.8 Å².